The SMILES string of the molecule is CCCC[C@H]1CC=C(Cc2ccccc2)C(=O)C1. The van der Waals surface area contributed by atoms with Gasteiger partial charge in [-0.1, -0.05) is 56.2 Å². The minimum Gasteiger partial charge on any atom is -0.295 e. The van der Waals surface area contributed by atoms with Gasteiger partial charge < -0.3 is 0 Å². The van der Waals surface area contributed by atoms with Crippen molar-refractivity contribution in [3.63, 3.8) is 0 Å². The smallest absolute Gasteiger partial charge is 0.159 e. The number of Topliss-reactive ketones (excluding diaryl/α,β-unsaturated/α-hetero) is 1. The highest BCUT2D eigenvalue weighted by molar-refractivity contribution is 5.96. The zero-order valence-electron chi connectivity index (χ0n) is 11.2. The summed E-state index contributed by atoms with van der Waals surface area (Å²) in [6, 6.07) is 10.3. The fourth-order valence-electron chi connectivity index (χ4n) is 2.60. The molecule has 0 unspecified atom stereocenters. The highest BCUT2D eigenvalue weighted by Gasteiger charge is 2.21. The molecule has 0 amide bonds. The van der Waals surface area contributed by atoms with Gasteiger partial charge in [0.25, 0.3) is 0 Å². The third-order valence-electron chi connectivity index (χ3n) is 3.73. The summed E-state index contributed by atoms with van der Waals surface area (Å²) in [4.78, 5) is 12.1. The Balaban J connectivity index is 1.94. The Morgan fingerprint density at radius 1 is 1.22 bits per heavy atom. The van der Waals surface area contributed by atoms with Crippen LogP contribution in [0.25, 0.3) is 0 Å². The summed E-state index contributed by atoms with van der Waals surface area (Å²) in [5.41, 5.74) is 2.26. The Labute approximate surface area is 110 Å². The van der Waals surface area contributed by atoms with E-state index in [1.165, 1.54) is 24.8 Å². The maximum absolute atomic E-state index is 12.1. The van der Waals surface area contributed by atoms with E-state index in [0.29, 0.717) is 11.7 Å². The van der Waals surface area contributed by atoms with Crippen LogP contribution in [-0.2, 0) is 11.2 Å². The average molecular weight is 242 g/mol. The summed E-state index contributed by atoms with van der Waals surface area (Å²) in [6.45, 7) is 2.21. The van der Waals surface area contributed by atoms with Crippen molar-refractivity contribution in [1.82, 2.24) is 0 Å². The molecule has 0 radical (unpaired) electrons. The first kappa shape index (κ1) is 13.1. The number of allylic oxidation sites excluding steroid dienone is 2. The van der Waals surface area contributed by atoms with E-state index in [1.54, 1.807) is 0 Å². The van der Waals surface area contributed by atoms with Gasteiger partial charge in [-0.2, -0.15) is 0 Å². The minimum atomic E-state index is 0.367. The van der Waals surface area contributed by atoms with E-state index in [4.69, 9.17) is 0 Å². The number of hydrogen-bond donors (Lipinski definition) is 0. The van der Waals surface area contributed by atoms with Gasteiger partial charge in [0.15, 0.2) is 5.78 Å². The van der Waals surface area contributed by atoms with Gasteiger partial charge in [0.05, 0.1) is 0 Å². The standard InChI is InChI=1S/C17H22O/c1-2-3-7-15-10-11-16(17(18)13-15)12-14-8-5-4-6-9-14/h4-6,8-9,11,15H,2-3,7,10,12-13H2,1H3/t15-/m0/s1. The third kappa shape index (κ3) is 3.56. The van der Waals surface area contributed by atoms with Crippen molar-refractivity contribution in [3.05, 3.63) is 47.5 Å². The molecule has 0 fully saturated rings. The monoisotopic (exact) mass is 242 g/mol. The topological polar surface area (TPSA) is 17.1 Å². The number of rotatable bonds is 5. The number of carbonyl (C=O) groups is 1. The molecule has 0 spiro atoms. The van der Waals surface area contributed by atoms with Crippen LogP contribution < -0.4 is 0 Å². The van der Waals surface area contributed by atoms with E-state index < -0.39 is 0 Å². The Morgan fingerprint density at radius 3 is 2.67 bits per heavy atom. The molecule has 1 aromatic carbocycles. The zero-order chi connectivity index (χ0) is 12.8. The number of benzene rings is 1. The summed E-state index contributed by atoms with van der Waals surface area (Å²) in [5.74, 6) is 0.961. The van der Waals surface area contributed by atoms with E-state index in [9.17, 15) is 4.79 Å². The molecule has 0 bridgehead atoms. The van der Waals surface area contributed by atoms with Gasteiger partial charge in [-0.25, -0.2) is 0 Å². The molecular weight excluding hydrogens is 220 g/mol. The van der Waals surface area contributed by atoms with Crippen LogP contribution in [0.1, 0.15) is 44.6 Å². The van der Waals surface area contributed by atoms with Gasteiger partial charge in [-0.3, -0.25) is 4.79 Å². The summed E-state index contributed by atoms with van der Waals surface area (Å²) < 4.78 is 0. The number of ketones is 1. The molecule has 2 rings (SSSR count). The Hall–Kier alpha value is -1.37. The van der Waals surface area contributed by atoms with Crippen molar-refractivity contribution >= 4 is 5.78 Å². The summed E-state index contributed by atoms with van der Waals surface area (Å²) in [6.07, 6.45) is 8.52. The predicted molar refractivity (Wildman–Crippen MR) is 75.5 cm³/mol. The van der Waals surface area contributed by atoms with Crippen LogP contribution in [-0.4, -0.2) is 5.78 Å². The quantitative estimate of drug-likeness (QED) is 0.751. The van der Waals surface area contributed by atoms with E-state index in [0.717, 1.165) is 24.8 Å². The maximum atomic E-state index is 12.1. The van der Waals surface area contributed by atoms with Gasteiger partial charge in [0, 0.05) is 12.8 Å². The van der Waals surface area contributed by atoms with Crippen LogP contribution in [0.2, 0.25) is 0 Å². The van der Waals surface area contributed by atoms with Gasteiger partial charge in [0.1, 0.15) is 0 Å². The molecule has 1 heteroatoms. The Kier molecular flexibility index (Phi) is 4.74. The van der Waals surface area contributed by atoms with Crippen LogP contribution in [0.5, 0.6) is 0 Å². The van der Waals surface area contributed by atoms with Crippen molar-refractivity contribution in [2.45, 2.75) is 45.4 Å². The molecule has 0 saturated heterocycles. The normalized spacial score (nSPS) is 19.7. The van der Waals surface area contributed by atoms with E-state index in [-0.39, 0.29) is 0 Å². The third-order valence-corrected chi connectivity index (χ3v) is 3.73. The highest BCUT2D eigenvalue weighted by Crippen LogP contribution is 2.26. The highest BCUT2D eigenvalue weighted by atomic mass is 16.1. The van der Waals surface area contributed by atoms with Gasteiger partial charge in [0.2, 0.25) is 0 Å². The second-order valence-corrected chi connectivity index (χ2v) is 5.26. The van der Waals surface area contributed by atoms with Crippen molar-refractivity contribution < 1.29 is 4.79 Å². The summed E-state index contributed by atoms with van der Waals surface area (Å²) >= 11 is 0. The zero-order valence-corrected chi connectivity index (χ0v) is 11.2. The maximum Gasteiger partial charge on any atom is 0.159 e. The molecule has 1 atom stereocenters. The lowest BCUT2D eigenvalue weighted by Gasteiger charge is -2.20. The molecule has 1 aromatic rings. The lowest BCUT2D eigenvalue weighted by atomic mass is 9.83. The second-order valence-electron chi connectivity index (χ2n) is 5.26. The fraction of sp³-hybridized carbons (Fsp3) is 0.471. The van der Waals surface area contributed by atoms with Crippen molar-refractivity contribution in [3.8, 4) is 0 Å². The van der Waals surface area contributed by atoms with Crippen LogP contribution >= 0.6 is 0 Å². The lowest BCUT2D eigenvalue weighted by molar-refractivity contribution is -0.117. The van der Waals surface area contributed by atoms with Crippen LogP contribution in [0.4, 0.5) is 0 Å². The van der Waals surface area contributed by atoms with E-state index in [1.807, 2.05) is 18.2 Å². The number of unbranched alkanes of at least 4 members (excludes halogenated alkanes) is 1. The minimum absolute atomic E-state index is 0.367. The van der Waals surface area contributed by atoms with Gasteiger partial charge in [-0.05, 0) is 29.9 Å². The Bertz CT molecular complexity index is 416. The molecule has 1 nitrogen and oxygen atoms in total. The molecule has 1 aliphatic carbocycles. The fourth-order valence-corrected chi connectivity index (χ4v) is 2.60. The molecule has 0 heterocycles. The summed E-state index contributed by atoms with van der Waals surface area (Å²) in [5, 5.41) is 0. The molecule has 0 aromatic heterocycles. The predicted octanol–water partition coefficient (Wildman–Crippen LogP) is 4.32. The second kappa shape index (κ2) is 6.53. The average Bonchev–Trinajstić information content (AvgIpc) is 2.40. The van der Waals surface area contributed by atoms with Crippen LogP contribution in [0.15, 0.2) is 42.0 Å². The van der Waals surface area contributed by atoms with E-state index >= 15 is 0 Å². The van der Waals surface area contributed by atoms with Crippen LogP contribution in [0, 0.1) is 5.92 Å². The van der Waals surface area contributed by atoms with Gasteiger partial charge in [-0.15, -0.1) is 0 Å². The van der Waals surface area contributed by atoms with Gasteiger partial charge >= 0.3 is 0 Å². The largest absolute Gasteiger partial charge is 0.295 e. The molecular formula is C17H22O. The first-order valence-corrected chi connectivity index (χ1v) is 7.05. The Morgan fingerprint density at radius 2 is 2.00 bits per heavy atom. The molecule has 0 N–H and O–H groups in total. The molecule has 0 aliphatic heterocycles. The first-order chi connectivity index (χ1) is 8.79. The molecule has 0 saturated carbocycles. The first-order valence-electron chi connectivity index (χ1n) is 7.05. The number of carbonyl (C=O) groups excluding carboxylic acids is 1. The van der Waals surface area contributed by atoms with Crippen molar-refractivity contribution in [1.29, 1.82) is 0 Å². The summed E-state index contributed by atoms with van der Waals surface area (Å²) in [7, 11) is 0. The molecule has 96 valence electrons. The number of hydrogen-bond acceptors (Lipinski definition) is 1. The molecule has 18 heavy (non-hydrogen) atoms. The lowest BCUT2D eigenvalue weighted by Crippen LogP contribution is -2.17. The van der Waals surface area contributed by atoms with Crippen molar-refractivity contribution in [2.75, 3.05) is 0 Å². The van der Waals surface area contributed by atoms with Crippen molar-refractivity contribution in [2.24, 2.45) is 5.92 Å². The van der Waals surface area contributed by atoms with E-state index in [2.05, 4.69) is 25.1 Å². The van der Waals surface area contributed by atoms with Crippen LogP contribution in [0.3, 0.4) is 0 Å². The molecule has 1 aliphatic rings.